The van der Waals surface area contributed by atoms with Crippen LogP contribution in [0.5, 0.6) is 0 Å². The summed E-state index contributed by atoms with van der Waals surface area (Å²) in [5.41, 5.74) is 0. The molecule has 1 aliphatic heterocycles. The number of rotatable bonds is 6. The third-order valence-electron chi connectivity index (χ3n) is 3.46. The molecule has 0 bridgehead atoms. The zero-order valence-corrected chi connectivity index (χ0v) is 15.1. The van der Waals surface area contributed by atoms with E-state index in [2.05, 4.69) is 10.3 Å². The number of hydrogen-bond acceptors (Lipinski definition) is 5. The molecular weight excluding hydrogens is 334 g/mol. The summed E-state index contributed by atoms with van der Waals surface area (Å²) in [6, 6.07) is 3.33. The predicted octanol–water partition coefficient (Wildman–Crippen LogP) is 1.87. The lowest BCUT2D eigenvalue weighted by atomic mass is 10.2. The Morgan fingerprint density at radius 1 is 1.30 bits per heavy atom. The van der Waals surface area contributed by atoms with E-state index in [4.69, 9.17) is 0 Å². The van der Waals surface area contributed by atoms with Crippen LogP contribution < -0.4 is 5.32 Å². The topological polar surface area (TPSA) is 79.4 Å². The monoisotopic (exact) mass is 357 g/mol. The third kappa shape index (κ3) is 5.19. The molecule has 1 fully saturated rings. The van der Waals surface area contributed by atoms with E-state index in [0.717, 1.165) is 19.3 Å². The van der Waals surface area contributed by atoms with Crippen molar-refractivity contribution in [3.05, 3.63) is 18.3 Å². The van der Waals surface area contributed by atoms with Gasteiger partial charge in [-0.1, -0.05) is 18.2 Å². The van der Waals surface area contributed by atoms with Gasteiger partial charge in [0.1, 0.15) is 4.90 Å². The Labute approximate surface area is 142 Å². The average Bonchev–Trinajstić information content (AvgIpc) is 2.53. The van der Waals surface area contributed by atoms with E-state index in [0.29, 0.717) is 18.1 Å². The number of nitrogens with zero attached hydrogens (tertiary/aromatic N) is 2. The molecule has 128 valence electrons. The Kier molecular flexibility index (Phi) is 6.43. The first-order valence-corrected chi connectivity index (χ1v) is 10.2. The van der Waals surface area contributed by atoms with Crippen molar-refractivity contribution < 1.29 is 13.2 Å². The van der Waals surface area contributed by atoms with Crippen LogP contribution in [0.1, 0.15) is 33.1 Å². The minimum absolute atomic E-state index is 0.0585. The normalized spacial score (nSPS) is 16.5. The largest absolute Gasteiger partial charge is 0.353 e. The second-order valence-electron chi connectivity index (χ2n) is 5.81. The second kappa shape index (κ2) is 8.12. The number of carbonyl (C=O) groups excluding carboxylic acids is 1. The van der Waals surface area contributed by atoms with E-state index in [-0.39, 0.29) is 22.6 Å². The highest BCUT2D eigenvalue weighted by Crippen LogP contribution is 2.22. The molecule has 2 heterocycles. The molecule has 1 amide bonds. The molecule has 0 aliphatic carbocycles. The molecule has 1 saturated heterocycles. The molecule has 1 aromatic heterocycles. The summed E-state index contributed by atoms with van der Waals surface area (Å²) in [5, 5.41) is 3.44. The first kappa shape index (κ1) is 18.2. The molecule has 6 nitrogen and oxygen atoms in total. The number of aromatic nitrogens is 1. The Morgan fingerprint density at radius 3 is 2.57 bits per heavy atom. The second-order valence-corrected chi connectivity index (χ2v) is 8.74. The summed E-state index contributed by atoms with van der Waals surface area (Å²) in [7, 11) is -3.44. The van der Waals surface area contributed by atoms with Crippen LogP contribution in [-0.2, 0) is 14.8 Å². The number of thioether (sulfide) groups is 1. The molecule has 0 spiro atoms. The van der Waals surface area contributed by atoms with E-state index in [1.54, 1.807) is 12.1 Å². The number of amides is 1. The molecule has 0 atom stereocenters. The van der Waals surface area contributed by atoms with Gasteiger partial charge in [0.2, 0.25) is 15.9 Å². The summed E-state index contributed by atoms with van der Waals surface area (Å²) in [4.78, 5) is 16.0. The molecule has 23 heavy (non-hydrogen) atoms. The number of carbonyl (C=O) groups is 1. The summed E-state index contributed by atoms with van der Waals surface area (Å²) in [5.74, 6) is 0.209. The molecule has 0 saturated carbocycles. The molecule has 0 radical (unpaired) electrons. The summed E-state index contributed by atoms with van der Waals surface area (Å²) < 4.78 is 26.5. The number of hydrogen-bond donors (Lipinski definition) is 1. The number of piperidine rings is 1. The fourth-order valence-electron chi connectivity index (χ4n) is 2.36. The fraction of sp³-hybridized carbons (Fsp3) is 0.600. The highest BCUT2D eigenvalue weighted by atomic mass is 32.2. The number of sulfonamides is 1. The average molecular weight is 358 g/mol. The van der Waals surface area contributed by atoms with Gasteiger partial charge in [-0.25, -0.2) is 13.4 Å². The molecule has 1 aliphatic rings. The summed E-state index contributed by atoms with van der Waals surface area (Å²) >= 11 is 1.29. The zero-order chi connectivity index (χ0) is 16.9. The standard InChI is InChI=1S/C15H23N3O3S2/c1-12(2)17-14(19)11-22-15-7-6-13(10-16-15)23(20,21)18-8-4-3-5-9-18/h6-7,10,12H,3-5,8-9,11H2,1-2H3,(H,17,19). The van der Waals surface area contributed by atoms with Crippen molar-refractivity contribution in [1.82, 2.24) is 14.6 Å². The lowest BCUT2D eigenvalue weighted by Gasteiger charge is -2.25. The van der Waals surface area contributed by atoms with Crippen LogP contribution >= 0.6 is 11.8 Å². The smallest absolute Gasteiger partial charge is 0.244 e. The van der Waals surface area contributed by atoms with Gasteiger partial charge in [0, 0.05) is 25.3 Å². The van der Waals surface area contributed by atoms with E-state index < -0.39 is 10.0 Å². The minimum atomic E-state index is -3.44. The molecule has 2 rings (SSSR count). The van der Waals surface area contributed by atoms with E-state index in [1.165, 1.54) is 22.3 Å². The number of pyridine rings is 1. The highest BCUT2D eigenvalue weighted by molar-refractivity contribution is 7.99. The SMILES string of the molecule is CC(C)NC(=O)CSc1ccc(S(=O)(=O)N2CCCCC2)cn1. The van der Waals surface area contributed by atoms with E-state index in [9.17, 15) is 13.2 Å². The van der Waals surface area contributed by atoms with Gasteiger partial charge < -0.3 is 5.32 Å². The van der Waals surface area contributed by atoms with E-state index >= 15 is 0 Å². The Hall–Kier alpha value is -1.12. The maximum absolute atomic E-state index is 12.5. The van der Waals surface area contributed by atoms with Crippen LogP contribution in [0.15, 0.2) is 28.3 Å². The zero-order valence-electron chi connectivity index (χ0n) is 13.5. The minimum Gasteiger partial charge on any atom is -0.353 e. The molecular formula is C15H23N3O3S2. The number of nitrogens with one attached hydrogen (secondary N) is 1. The van der Waals surface area contributed by atoms with Gasteiger partial charge in [-0.15, -0.1) is 0 Å². The summed E-state index contributed by atoms with van der Waals surface area (Å²) in [6.45, 7) is 4.96. The van der Waals surface area contributed by atoms with Crippen molar-refractivity contribution in [2.75, 3.05) is 18.8 Å². The lowest BCUT2D eigenvalue weighted by molar-refractivity contribution is -0.119. The molecule has 1 N–H and O–H groups in total. The van der Waals surface area contributed by atoms with Crippen molar-refractivity contribution in [1.29, 1.82) is 0 Å². The van der Waals surface area contributed by atoms with Crippen LogP contribution in [0.25, 0.3) is 0 Å². The quantitative estimate of drug-likeness (QED) is 0.786. The van der Waals surface area contributed by atoms with Crippen LogP contribution in [0.3, 0.4) is 0 Å². The van der Waals surface area contributed by atoms with Crippen molar-refractivity contribution in [2.24, 2.45) is 0 Å². The molecule has 0 unspecified atom stereocenters. The third-order valence-corrected chi connectivity index (χ3v) is 6.29. The maximum Gasteiger partial charge on any atom is 0.244 e. The van der Waals surface area contributed by atoms with Crippen molar-refractivity contribution in [3.8, 4) is 0 Å². The van der Waals surface area contributed by atoms with Crippen LogP contribution in [-0.4, -0.2) is 48.5 Å². The van der Waals surface area contributed by atoms with Crippen molar-refractivity contribution in [2.45, 2.75) is 49.1 Å². The van der Waals surface area contributed by atoms with Gasteiger partial charge >= 0.3 is 0 Å². The van der Waals surface area contributed by atoms with Crippen LogP contribution in [0, 0.1) is 0 Å². The fourth-order valence-corrected chi connectivity index (χ4v) is 4.48. The van der Waals surface area contributed by atoms with Crippen LogP contribution in [0.4, 0.5) is 0 Å². The van der Waals surface area contributed by atoms with Gasteiger partial charge in [-0.3, -0.25) is 4.79 Å². The maximum atomic E-state index is 12.5. The Bertz CT molecular complexity index is 624. The van der Waals surface area contributed by atoms with E-state index in [1.807, 2.05) is 13.8 Å². The van der Waals surface area contributed by atoms with Crippen molar-refractivity contribution in [3.63, 3.8) is 0 Å². The predicted molar refractivity (Wildman–Crippen MR) is 90.8 cm³/mol. The highest BCUT2D eigenvalue weighted by Gasteiger charge is 2.26. The van der Waals surface area contributed by atoms with Gasteiger partial charge in [-0.2, -0.15) is 4.31 Å². The Balaban J connectivity index is 1.97. The molecule has 8 heteroatoms. The van der Waals surface area contributed by atoms with Gasteiger partial charge in [0.05, 0.1) is 10.8 Å². The first-order chi connectivity index (χ1) is 10.9. The lowest BCUT2D eigenvalue weighted by Crippen LogP contribution is -2.35. The van der Waals surface area contributed by atoms with Gasteiger partial charge in [0.25, 0.3) is 0 Å². The van der Waals surface area contributed by atoms with Gasteiger partial charge in [0.15, 0.2) is 0 Å². The first-order valence-electron chi connectivity index (χ1n) is 7.78. The van der Waals surface area contributed by atoms with Crippen LogP contribution in [0.2, 0.25) is 0 Å². The summed E-state index contributed by atoms with van der Waals surface area (Å²) in [6.07, 6.45) is 4.28. The Morgan fingerprint density at radius 2 is 2.00 bits per heavy atom. The van der Waals surface area contributed by atoms with Gasteiger partial charge in [-0.05, 0) is 38.8 Å². The molecule has 0 aromatic carbocycles. The molecule has 1 aromatic rings. The van der Waals surface area contributed by atoms with Crippen molar-refractivity contribution >= 4 is 27.7 Å².